The van der Waals surface area contributed by atoms with Gasteiger partial charge in [0, 0.05) is 33.1 Å². The first-order valence-electron chi connectivity index (χ1n) is 21.5. The molecule has 272 valence electrons. The molecule has 0 aliphatic heterocycles. The van der Waals surface area contributed by atoms with E-state index < -0.39 is 0 Å². The fraction of sp³-hybridized carbons (Fsp3) is 0. The highest BCUT2D eigenvalue weighted by molar-refractivity contribution is 6.15. The van der Waals surface area contributed by atoms with Crippen LogP contribution in [-0.2, 0) is 0 Å². The Morgan fingerprint density at radius 3 is 1.84 bits per heavy atom. The topological polar surface area (TPSA) is 16.4 Å². The van der Waals surface area contributed by atoms with Crippen LogP contribution in [0.1, 0.15) is 5.48 Å². The van der Waals surface area contributed by atoms with E-state index in [2.05, 4.69) is 72.8 Å². The highest BCUT2D eigenvalue weighted by Crippen LogP contribution is 2.43. The Hall–Kier alpha value is -7.68. The fourth-order valence-corrected chi connectivity index (χ4v) is 8.30. The van der Waals surface area contributed by atoms with Crippen LogP contribution < -0.4 is 4.90 Å². The van der Waals surface area contributed by atoms with Crippen molar-refractivity contribution in [2.75, 3.05) is 4.90 Å². The summed E-state index contributed by atoms with van der Waals surface area (Å²) in [7, 11) is 0. The number of furan rings is 1. The Kier molecular flexibility index (Phi) is 7.20. The van der Waals surface area contributed by atoms with Gasteiger partial charge in [0.2, 0.25) is 0 Å². The van der Waals surface area contributed by atoms with Crippen LogP contribution in [-0.4, -0.2) is 0 Å². The molecule has 0 amide bonds. The minimum atomic E-state index is -0.135. The molecule has 0 N–H and O–H groups in total. The first kappa shape index (κ1) is 29.6. The van der Waals surface area contributed by atoms with Crippen molar-refractivity contribution in [2.45, 2.75) is 0 Å². The molecule has 0 unspecified atom stereocenters. The van der Waals surface area contributed by atoms with Crippen LogP contribution >= 0.6 is 0 Å². The van der Waals surface area contributed by atoms with Crippen LogP contribution in [0.5, 0.6) is 0 Å². The molecule has 1 heterocycles. The van der Waals surface area contributed by atoms with Crippen LogP contribution in [0, 0.1) is 0 Å². The van der Waals surface area contributed by atoms with E-state index in [0.29, 0.717) is 11.3 Å². The molecule has 0 aliphatic carbocycles. The Balaban J connectivity index is 1.08. The molecule has 0 radical (unpaired) electrons. The highest BCUT2D eigenvalue weighted by Gasteiger charge is 2.19. The summed E-state index contributed by atoms with van der Waals surface area (Å²) in [5, 5.41) is 6.39. The van der Waals surface area contributed by atoms with E-state index in [1.807, 2.05) is 132 Å². The Bertz CT molecular complexity index is 3490. The van der Waals surface area contributed by atoms with Gasteiger partial charge in [-0.05, 0) is 116 Å². The van der Waals surface area contributed by atoms with E-state index in [1.165, 1.54) is 0 Å². The predicted octanol–water partition coefficient (Wildman–Crippen LogP) is 16.0. The van der Waals surface area contributed by atoms with Crippen LogP contribution in [0.4, 0.5) is 17.1 Å². The first-order chi connectivity index (χ1) is 30.4. The van der Waals surface area contributed by atoms with Gasteiger partial charge in [0.25, 0.3) is 0 Å². The summed E-state index contributed by atoms with van der Waals surface area (Å²) < 4.78 is 45.0. The van der Waals surface area contributed by atoms with Gasteiger partial charge in [0.05, 0.1) is 11.2 Å². The second-order valence-electron chi connectivity index (χ2n) is 14.6. The third-order valence-corrected chi connectivity index (χ3v) is 11.1. The van der Waals surface area contributed by atoms with Gasteiger partial charge in [-0.15, -0.1) is 0 Å². The maximum atomic E-state index is 9.72. The van der Waals surface area contributed by atoms with E-state index in [-0.39, 0.29) is 35.4 Å². The average Bonchev–Trinajstić information content (AvgIpc) is 3.72. The summed E-state index contributed by atoms with van der Waals surface area (Å²) >= 11 is 0. The highest BCUT2D eigenvalue weighted by atomic mass is 16.3. The van der Waals surface area contributed by atoms with Gasteiger partial charge in [-0.2, -0.15) is 0 Å². The summed E-state index contributed by atoms with van der Waals surface area (Å²) in [6.07, 6.45) is 0. The molecule has 0 fully saturated rings. The molecule has 0 bridgehead atoms. The number of benzene rings is 10. The first-order valence-corrected chi connectivity index (χ1v) is 19.5. The SMILES string of the molecule is [2H]c1c([2H])c(N(c2ccc(-c3ccccc3)cc2)c2ccccc2-c2ccc3c(ccc4c5ccccc5oc34)c2)c([2H])c([2H])c1-c1cccc(-c2cccc3ccccc23)c1. The summed E-state index contributed by atoms with van der Waals surface area (Å²) in [4.78, 5) is 1.88. The molecule has 58 heavy (non-hydrogen) atoms. The minimum Gasteiger partial charge on any atom is -0.455 e. The van der Waals surface area contributed by atoms with Gasteiger partial charge in [0.15, 0.2) is 0 Å². The van der Waals surface area contributed by atoms with Crippen molar-refractivity contribution in [3.8, 4) is 44.5 Å². The summed E-state index contributed by atoms with van der Waals surface area (Å²) in [6.45, 7) is 0. The fourth-order valence-electron chi connectivity index (χ4n) is 8.30. The monoisotopic (exact) mass is 743 g/mol. The lowest BCUT2D eigenvalue weighted by molar-refractivity contribution is 0.672. The van der Waals surface area contributed by atoms with E-state index in [9.17, 15) is 5.48 Å². The summed E-state index contributed by atoms with van der Waals surface area (Å²) in [6, 6.07) is 66.6. The normalized spacial score (nSPS) is 12.4. The second kappa shape index (κ2) is 14.1. The standard InChI is InChI=1S/C56H37NO/c1-2-12-38(13-3-1)39-24-30-46(31-25-39)57(47-32-26-40(27-33-47)42-16-10-17-43(36-42)49-21-11-15-41-14-4-5-18-48(41)49)54-22-8-6-19-50(54)44-28-34-51-45(37-44)29-35-53-52-20-7-9-23-55(52)58-56(51)53/h1-37H/i26D,27D,32D,33D. The molecule has 0 atom stereocenters. The smallest absolute Gasteiger partial charge is 0.143 e. The molecule has 0 saturated carbocycles. The average molecular weight is 744 g/mol. The van der Waals surface area contributed by atoms with Gasteiger partial charge in [0.1, 0.15) is 11.2 Å². The van der Waals surface area contributed by atoms with E-state index in [0.717, 1.165) is 82.6 Å². The minimum absolute atomic E-state index is 0.111. The molecule has 11 rings (SSSR count). The van der Waals surface area contributed by atoms with E-state index >= 15 is 0 Å². The van der Waals surface area contributed by atoms with Crippen molar-refractivity contribution in [1.29, 1.82) is 0 Å². The number of para-hydroxylation sites is 2. The van der Waals surface area contributed by atoms with Crippen molar-refractivity contribution >= 4 is 60.5 Å². The molecule has 0 spiro atoms. The number of nitrogens with zero attached hydrogens (tertiary/aromatic N) is 1. The van der Waals surface area contributed by atoms with Crippen molar-refractivity contribution in [3.05, 3.63) is 224 Å². The predicted molar refractivity (Wildman–Crippen MR) is 245 cm³/mol. The zero-order valence-electron chi connectivity index (χ0n) is 35.4. The summed E-state index contributed by atoms with van der Waals surface area (Å²) in [5.41, 5.74) is 10.0. The Morgan fingerprint density at radius 1 is 0.345 bits per heavy atom. The zero-order chi connectivity index (χ0) is 41.9. The number of hydrogen-bond acceptors (Lipinski definition) is 2. The van der Waals surface area contributed by atoms with Gasteiger partial charge in [-0.3, -0.25) is 0 Å². The molecular formula is C56H37NO. The van der Waals surface area contributed by atoms with Crippen molar-refractivity contribution in [1.82, 2.24) is 0 Å². The lowest BCUT2D eigenvalue weighted by Gasteiger charge is -2.28. The lowest BCUT2D eigenvalue weighted by atomic mass is 9.95. The lowest BCUT2D eigenvalue weighted by Crippen LogP contribution is -2.11. The van der Waals surface area contributed by atoms with Crippen LogP contribution in [0.2, 0.25) is 0 Å². The van der Waals surface area contributed by atoms with Gasteiger partial charge < -0.3 is 9.32 Å². The molecule has 0 saturated heterocycles. The zero-order valence-corrected chi connectivity index (χ0v) is 31.4. The van der Waals surface area contributed by atoms with Crippen molar-refractivity contribution < 1.29 is 9.90 Å². The second-order valence-corrected chi connectivity index (χ2v) is 14.6. The van der Waals surface area contributed by atoms with Gasteiger partial charge >= 0.3 is 0 Å². The third-order valence-electron chi connectivity index (χ3n) is 11.1. The number of hydrogen-bond donors (Lipinski definition) is 0. The molecule has 2 heteroatoms. The van der Waals surface area contributed by atoms with Crippen molar-refractivity contribution in [3.63, 3.8) is 0 Å². The maximum Gasteiger partial charge on any atom is 0.143 e. The third kappa shape index (κ3) is 5.91. The van der Waals surface area contributed by atoms with Crippen molar-refractivity contribution in [2.24, 2.45) is 0 Å². The molecular weight excluding hydrogens is 703 g/mol. The van der Waals surface area contributed by atoms with Crippen LogP contribution in [0.15, 0.2) is 229 Å². The molecule has 10 aromatic carbocycles. The molecule has 0 aliphatic rings. The number of fused-ring (bicyclic) bond motifs is 6. The molecule has 11 aromatic rings. The van der Waals surface area contributed by atoms with Crippen LogP contribution in [0.25, 0.3) is 88.0 Å². The summed E-state index contributed by atoms with van der Waals surface area (Å²) in [5.74, 6) is 0. The Morgan fingerprint density at radius 2 is 0.966 bits per heavy atom. The number of rotatable bonds is 7. The van der Waals surface area contributed by atoms with Gasteiger partial charge in [-0.25, -0.2) is 0 Å². The largest absolute Gasteiger partial charge is 0.455 e. The van der Waals surface area contributed by atoms with E-state index in [4.69, 9.17) is 4.42 Å². The molecule has 1 aromatic heterocycles. The molecule has 2 nitrogen and oxygen atoms in total. The van der Waals surface area contributed by atoms with E-state index in [1.54, 1.807) is 0 Å². The quantitative estimate of drug-likeness (QED) is 0.162. The number of anilines is 3. The Labute approximate surface area is 343 Å². The van der Waals surface area contributed by atoms with Crippen LogP contribution in [0.3, 0.4) is 0 Å². The maximum absolute atomic E-state index is 9.72. The van der Waals surface area contributed by atoms with Gasteiger partial charge in [-0.1, -0.05) is 164 Å².